The van der Waals surface area contributed by atoms with Crippen molar-refractivity contribution in [2.45, 2.75) is 178 Å². The number of fused-ring (bicyclic) bond motifs is 5. The van der Waals surface area contributed by atoms with Gasteiger partial charge in [-0.1, -0.05) is 79.9 Å². The molecule has 288 valence electrons. The van der Waals surface area contributed by atoms with E-state index < -0.39 is 5.60 Å². The van der Waals surface area contributed by atoms with Crippen LogP contribution in [0.3, 0.4) is 0 Å². The Morgan fingerprint density at radius 3 is 2.30 bits per heavy atom. The minimum absolute atomic E-state index is 0.0825. The third-order valence-electron chi connectivity index (χ3n) is 15.6. The van der Waals surface area contributed by atoms with Crippen LogP contribution in [0.5, 0.6) is 0 Å². The molecule has 1 N–H and O–H groups in total. The molecule has 0 aliphatic heterocycles. The maximum Gasteiger partial charge on any atom is 0.306 e. The van der Waals surface area contributed by atoms with E-state index in [0.29, 0.717) is 29.8 Å². The van der Waals surface area contributed by atoms with Crippen LogP contribution in [0.25, 0.3) is 0 Å². The molecule has 50 heavy (non-hydrogen) atoms. The number of aliphatic hydroxyl groups is 1. The summed E-state index contributed by atoms with van der Waals surface area (Å²) in [6.07, 6.45) is 19.7. The van der Waals surface area contributed by atoms with Crippen molar-refractivity contribution in [3.8, 4) is 0 Å². The highest BCUT2D eigenvalue weighted by Crippen LogP contribution is 2.67. The van der Waals surface area contributed by atoms with Crippen LogP contribution >= 0.6 is 0 Å². The van der Waals surface area contributed by atoms with Crippen molar-refractivity contribution < 1.29 is 24.2 Å². The average molecular weight is 699 g/mol. The highest BCUT2D eigenvalue weighted by atomic mass is 16.6. The van der Waals surface area contributed by atoms with Crippen molar-refractivity contribution in [1.82, 2.24) is 0 Å². The molecule has 0 spiro atoms. The Morgan fingerprint density at radius 1 is 0.940 bits per heavy atom. The normalized spacial score (nSPS) is 32.5. The van der Waals surface area contributed by atoms with Crippen molar-refractivity contribution in [1.29, 1.82) is 0 Å². The molecule has 4 rings (SSSR count). The van der Waals surface area contributed by atoms with E-state index in [9.17, 15) is 14.7 Å². The number of carbonyl (C=O) groups is 2. The van der Waals surface area contributed by atoms with Gasteiger partial charge in [0.25, 0.3) is 0 Å². The van der Waals surface area contributed by atoms with Gasteiger partial charge in [0.1, 0.15) is 11.4 Å². The molecule has 0 heterocycles. The molecular weight excluding hydrogens is 620 g/mol. The molecule has 0 aromatic rings. The van der Waals surface area contributed by atoms with Crippen molar-refractivity contribution in [2.75, 3.05) is 19.8 Å². The molecule has 3 fully saturated rings. The number of hydrogen-bond donors (Lipinski definition) is 1. The minimum atomic E-state index is -0.776. The first-order valence-electron chi connectivity index (χ1n) is 21.2. The molecule has 0 radical (unpaired) electrons. The first-order chi connectivity index (χ1) is 23.6. The Kier molecular flexibility index (Phi) is 14.4. The van der Waals surface area contributed by atoms with Crippen LogP contribution in [-0.2, 0) is 19.1 Å². The number of rotatable bonds is 19. The molecule has 5 nitrogen and oxygen atoms in total. The Labute approximate surface area is 307 Å². The molecule has 3 saturated carbocycles. The van der Waals surface area contributed by atoms with E-state index in [1.807, 2.05) is 13.8 Å². The highest BCUT2D eigenvalue weighted by molar-refractivity contribution is 5.83. The third kappa shape index (κ3) is 9.29. The van der Waals surface area contributed by atoms with Gasteiger partial charge < -0.3 is 14.6 Å². The highest BCUT2D eigenvalue weighted by Gasteiger charge is 2.59. The molecule has 5 heteroatoms. The van der Waals surface area contributed by atoms with E-state index in [-0.39, 0.29) is 43.2 Å². The Balaban J connectivity index is 1.25. The van der Waals surface area contributed by atoms with Gasteiger partial charge in [0.15, 0.2) is 0 Å². The van der Waals surface area contributed by atoms with E-state index >= 15 is 0 Å². The Hall–Kier alpha value is -1.20. The fourth-order valence-corrected chi connectivity index (χ4v) is 11.9. The van der Waals surface area contributed by atoms with Crippen LogP contribution in [0.4, 0.5) is 0 Å². The minimum Gasteiger partial charge on any atom is -0.457 e. The molecular formula is C45H78O5. The van der Waals surface area contributed by atoms with Gasteiger partial charge in [-0.15, -0.1) is 0 Å². The summed E-state index contributed by atoms with van der Waals surface area (Å²) in [6, 6.07) is 0. The maximum absolute atomic E-state index is 13.1. The fraction of sp³-hybridized carbons (Fsp3) is 0.911. The predicted molar refractivity (Wildman–Crippen MR) is 206 cm³/mol. The van der Waals surface area contributed by atoms with Crippen LogP contribution in [0.2, 0.25) is 0 Å². The number of allylic oxidation sites excluding steroid dienone is 2. The van der Waals surface area contributed by atoms with Gasteiger partial charge in [0.05, 0.1) is 26.2 Å². The number of ketones is 1. The second-order valence-corrected chi connectivity index (χ2v) is 19.4. The summed E-state index contributed by atoms with van der Waals surface area (Å²) in [7, 11) is 0. The molecule has 4 aliphatic carbocycles. The van der Waals surface area contributed by atoms with Gasteiger partial charge in [-0.25, -0.2) is 0 Å². The van der Waals surface area contributed by atoms with Gasteiger partial charge in [-0.05, 0) is 143 Å². The lowest BCUT2D eigenvalue weighted by Crippen LogP contribution is -2.50. The lowest BCUT2D eigenvalue weighted by Gasteiger charge is -2.58. The monoisotopic (exact) mass is 699 g/mol. The third-order valence-corrected chi connectivity index (χ3v) is 15.6. The zero-order chi connectivity index (χ0) is 36.9. The number of Topliss-reactive ketones (excluding diaryl/α,β-unsaturated/α-hetero) is 1. The number of hydrogen-bond acceptors (Lipinski definition) is 5. The van der Waals surface area contributed by atoms with Crippen LogP contribution in [0.15, 0.2) is 11.6 Å². The van der Waals surface area contributed by atoms with E-state index in [4.69, 9.17) is 9.47 Å². The van der Waals surface area contributed by atoms with Gasteiger partial charge in [-0.2, -0.15) is 0 Å². The van der Waals surface area contributed by atoms with Gasteiger partial charge in [0, 0.05) is 18.3 Å². The number of aliphatic hydroxyl groups excluding tert-OH is 1. The first-order valence-corrected chi connectivity index (χ1v) is 21.2. The largest absolute Gasteiger partial charge is 0.457 e. The van der Waals surface area contributed by atoms with Crippen molar-refractivity contribution in [2.24, 2.45) is 63.6 Å². The van der Waals surface area contributed by atoms with Crippen LogP contribution in [0, 0.1) is 63.6 Å². The zero-order valence-corrected chi connectivity index (χ0v) is 34.2. The van der Waals surface area contributed by atoms with Crippen LogP contribution in [-0.4, -0.2) is 42.3 Å². The van der Waals surface area contributed by atoms with Gasteiger partial charge >= 0.3 is 5.97 Å². The van der Waals surface area contributed by atoms with Crippen LogP contribution < -0.4 is 0 Å². The average Bonchev–Trinajstić information content (AvgIpc) is 3.43. The van der Waals surface area contributed by atoms with Gasteiger partial charge in [0.2, 0.25) is 0 Å². The van der Waals surface area contributed by atoms with Crippen LogP contribution in [0.1, 0.15) is 172 Å². The summed E-state index contributed by atoms with van der Waals surface area (Å²) < 4.78 is 11.6. The van der Waals surface area contributed by atoms with Crippen molar-refractivity contribution >= 4 is 11.8 Å². The molecule has 0 amide bonds. The number of carbonyl (C=O) groups excluding carboxylic acids is 2. The summed E-state index contributed by atoms with van der Waals surface area (Å²) in [5.74, 6) is 6.12. The first kappa shape index (κ1) is 41.6. The number of ether oxygens (including phenoxy) is 2. The second-order valence-electron chi connectivity index (χ2n) is 19.4. The standard InChI is InChI=1S/C45H78O5/c1-11-34(31(4)5)15-14-32(6)38-19-20-39-37-18-16-35-26-33(22-24-43(35,9)40(37)23-25-44(38,39)10)27-36(47)17-21-41(48)50-42(7,8)29-49-30-45(12-2,13-3)28-46/h16,31-34,37-40,46H,11-15,17-30H2,1-10H3. The zero-order valence-electron chi connectivity index (χ0n) is 34.2. The van der Waals surface area contributed by atoms with E-state index in [1.54, 1.807) is 5.57 Å². The summed E-state index contributed by atoms with van der Waals surface area (Å²) in [4.78, 5) is 25.9. The maximum atomic E-state index is 13.1. The molecule has 0 bridgehead atoms. The van der Waals surface area contributed by atoms with E-state index in [0.717, 1.165) is 67.1 Å². The summed E-state index contributed by atoms with van der Waals surface area (Å²) in [6.45, 7) is 23.7. The lowest BCUT2D eigenvalue weighted by molar-refractivity contribution is -0.164. The Bertz CT molecular complexity index is 1140. The van der Waals surface area contributed by atoms with E-state index in [1.165, 1.54) is 57.8 Å². The summed E-state index contributed by atoms with van der Waals surface area (Å²) in [5.41, 5.74) is 1.42. The van der Waals surface area contributed by atoms with E-state index in [2.05, 4.69) is 61.5 Å². The predicted octanol–water partition coefficient (Wildman–Crippen LogP) is 11.2. The fourth-order valence-electron chi connectivity index (χ4n) is 11.9. The quantitative estimate of drug-likeness (QED) is 0.107. The smallest absolute Gasteiger partial charge is 0.306 e. The topological polar surface area (TPSA) is 72.8 Å². The second kappa shape index (κ2) is 17.3. The SMILES string of the molecule is CCC(CCC(C)C1CCC2C3CC=C4CC(CC(=O)CCC(=O)OC(C)(C)COCC(CC)(CC)CO)CCC4(C)C3CCC12C)C(C)C. The summed E-state index contributed by atoms with van der Waals surface area (Å²) in [5, 5.41) is 9.81. The van der Waals surface area contributed by atoms with Gasteiger partial charge in [-0.3, -0.25) is 9.59 Å². The van der Waals surface area contributed by atoms with Crippen molar-refractivity contribution in [3.05, 3.63) is 11.6 Å². The molecule has 0 aromatic heterocycles. The molecule has 4 aliphatic rings. The molecule has 9 unspecified atom stereocenters. The lowest BCUT2D eigenvalue weighted by atomic mass is 9.46. The Morgan fingerprint density at radius 2 is 1.66 bits per heavy atom. The molecule has 0 saturated heterocycles. The number of esters is 1. The van der Waals surface area contributed by atoms with Crippen molar-refractivity contribution in [3.63, 3.8) is 0 Å². The molecule has 9 atom stereocenters. The molecule has 0 aromatic carbocycles. The summed E-state index contributed by atoms with van der Waals surface area (Å²) >= 11 is 0.